The van der Waals surface area contributed by atoms with Crippen molar-refractivity contribution in [3.8, 4) is 0 Å². The first-order valence-electron chi connectivity index (χ1n) is 8.20. The molecule has 6 nitrogen and oxygen atoms in total. The zero-order valence-corrected chi connectivity index (χ0v) is 13.6. The normalized spacial score (nSPS) is 13.4. The van der Waals surface area contributed by atoms with Gasteiger partial charge >= 0.3 is 0 Å². The molecule has 124 valence electrons. The van der Waals surface area contributed by atoms with E-state index in [-0.39, 0.29) is 11.8 Å². The average Bonchev–Trinajstić information content (AvgIpc) is 3.45. The van der Waals surface area contributed by atoms with Gasteiger partial charge in [0, 0.05) is 29.9 Å². The maximum absolute atomic E-state index is 12.3. The minimum Gasteiger partial charge on any atom is -0.352 e. The van der Waals surface area contributed by atoms with Crippen LogP contribution in [0.4, 0.5) is 5.69 Å². The summed E-state index contributed by atoms with van der Waals surface area (Å²) < 4.78 is 0. The summed E-state index contributed by atoms with van der Waals surface area (Å²) in [5, 5.41) is 5.61. The molecule has 0 spiro atoms. The first kappa shape index (κ1) is 16.1. The molecule has 1 heterocycles. The largest absolute Gasteiger partial charge is 0.352 e. The van der Waals surface area contributed by atoms with Crippen molar-refractivity contribution in [1.82, 2.24) is 15.3 Å². The van der Waals surface area contributed by atoms with Crippen molar-refractivity contribution in [2.45, 2.75) is 32.1 Å². The molecule has 0 saturated heterocycles. The first-order chi connectivity index (χ1) is 11.7. The van der Waals surface area contributed by atoms with E-state index in [0.717, 1.165) is 25.1 Å². The van der Waals surface area contributed by atoms with E-state index in [1.165, 1.54) is 0 Å². The molecule has 2 amide bonds. The molecule has 0 radical (unpaired) electrons. The lowest BCUT2D eigenvalue weighted by Gasteiger charge is -2.07. The Morgan fingerprint density at radius 2 is 1.88 bits per heavy atom. The highest BCUT2D eigenvalue weighted by Crippen LogP contribution is 2.37. The second kappa shape index (κ2) is 7.21. The molecular formula is C18H20N4O2. The van der Waals surface area contributed by atoms with Crippen molar-refractivity contribution in [3.63, 3.8) is 0 Å². The summed E-state index contributed by atoms with van der Waals surface area (Å²) in [5.74, 6) is 0.756. The van der Waals surface area contributed by atoms with Gasteiger partial charge in [0.1, 0.15) is 11.5 Å². The molecule has 0 bridgehead atoms. The van der Waals surface area contributed by atoms with Crippen molar-refractivity contribution in [2.75, 3.05) is 11.9 Å². The van der Waals surface area contributed by atoms with Gasteiger partial charge in [0.25, 0.3) is 11.8 Å². The molecule has 0 aliphatic heterocycles. The highest BCUT2D eigenvalue weighted by molar-refractivity contribution is 6.03. The van der Waals surface area contributed by atoms with E-state index in [1.54, 1.807) is 36.5 Å². The highest BCUT2D eigenvalue weighted by Gasteiger charge is 2.27. The average molecular weight is 324 g/mol. The molecule has 1 aromatic carbocycles. The predicted molar refractivity (Wildman–Crippen MR) is 91.0 cm³/mol. The van der Waals surface area contributed by atoms with E-state index >= 15 is 0 Å². The lowest BCUT2D eigenvalue weighted by Crippen LogP contribution is -2.23. The third-order valence-electron chi connectivity index (χ3n) is 3.79. The SMILES string of the molecule is CCCNC(=O)c1ccc(NC(=O)c2ccnc(C3CC3)n2)cc1. The molecule has 0 unspecified atom stereocenters. The Morgan fingerprint density at radius 3 is 2.54 bits per heavy atom. The maximum atomic E-state index is 12.3. The van der Waals surface area contributed by atoms with Crippen molar-refractivity contribution in [1.29, 1.82) is 0 Å². The fourth-order valence-corrected chi connectivity index (χ4v) is 2.28. The lowest BCUT2D eigenvalue weighted by molar-refractivity contribution is 0.0953. The number of carbonyl (C=O) groups is 2. The quantitative estimate of drug-likeness (QED) is 0.856. The minimum atomic E-state index is -0.275. The van der Waals surface area contributed by atoms with E-state index in [9.17, 15) is 9.59 Å². The van der Waals surface area contributed by atoms with Crippen LogP contribution < -0.4 is 10.6 Å². The van der Waals surface area contributed by atoms with Crippen molar-refractivity contribution in [3.05, 3.63) is 53.6 Å². The Bertz CT molecular complexity index is 739. The van der Waals surface area contributed by atoms with Gasteiger partial charge in [-0.05, 0) is 49.6 Å². The fourth-order valence-electron chi connectivity index (χ4n) is 2.28. The van der Waals surface area contributed by atoms with E-state index in [0.29, 0.717) is 29.4 Å². The third kappa shape index (κ3) is 3.95. The van der Waals surface area contributed by atoms with E-state index in [4.69, 9.17) is 0 Å². The molecule has 0 atom stereocenters. The predicted octanol–water partition coefficient (Wildman–Crippen LogP) is 2.75. The second-order valence-electron chi connectivity index (χ2n) is 5.86. The summed E-state index contributed by atoms with van der Waals surface area (Å²) in [4.78, 5) is 32.7. The van der Waals surface area contributed by atoms with Crippen LogP contribution in [0.3, 0.4) is 0 Å². The highest BCUT2D eigenvalue weighted by atomic mass is 16.2. The molecule has 1 fully saturated rings. The second-order valence-corrected chi connectivity index (χ2v) is 5.86. The molecule has 6 heteroatoms. The summed E-state index contributed by atoms with van der Waals surface area (Å²) in [6, 6.07) is 8.41. The van der Waals surface area contributed by atoms with Gasteiger partial charge < -0.3 is 10.6 Å². The van der Waals surface area contributed by atoms with Crippen LogP contribution in [-0.4, -0.2) is 28.3 Å². The summed E-state index contributed by atoms with van der Waals surface area (Å²) in [6.07, 6.45) is 4.69. The van der Waals surface area contributed by atoms with Crippen molar-refractivity contribution < 1.29 is 9.59 Å². The minimum absolute atomic E-state index is 0.111. The Morgan fingerprint density at radius 1 is 1.12 bits per heavy atom. The van der Waals surface area contributed by atoms with Crippen LogP contribution in [0.5, 0.6) is 0 Å². The number of rotatable bonds is 6. The van der Waals surface area contributed by atoms with Gasteiger partial charge in [-0.3, -0.25) is 9.59 Å². The number of benzene rings is 1. The fraction of sp³-hybridized carbons (Fsp3) is 0.333. The van der Waals surface area contributed by atoms with Gasteiger partial charge in [-0.15, -0.1) is 0 Å². The first-order valence-corrected chi connectivity index (χ1v) is 8.20. The number of nitrogens with one attached hydrogen (secondary N) is 2. The van der Waals surface area contributed by atoms with Crippen LogP contribution in [0.25, 0.3) is 0 Å². The van der Waals surface area contributed by atoms with Crippen LogP contribution in [-0.2, 0) is 0 Å². The van der Waals surface area contributed by atoms with Crippen LogP contribution >= 0.6 is 0 Å². The Kier molecular flexibility index (Phi) is 4.84. The van der Waals surface area contributed by atoms with Crippen LogP contribution in [0.2, 0.25) is 0 Å². The molecule has 1 saturated carbocycles. The molecule has 2 aromatic rings. The topological polar surface area (TPSA) is 84.0 Å². The number of aromatic nitrogens is 2. The van der Waals surface area contributed by atoms with E-state index < -0.39 is 0 Å². The number of nitrogens with zero attached hydrogens (tertiary/aromatic N) is 2. The summed E-state index contributed by atoms with van der Waals surface area (Å²) in [6.45, 7) is 2.65. The van der Waals surface area contributed by atoms with Gasteiger partial charge in [-0.1, -0.05) is 6.92 Å². The molecule has 1 aliphatic carbocycles. The van der Waals surface area contributed by atoms with Gasteiger partial charge in [-0.25, -0.2) is 9.97 Å². The molecule has 2 N–H and O–H groups in total. The summed E-state index contributed by atoms with van der Waals surface area (Å²) >= 11 is 0. The van der Waals surface area contributed by atoms with E-state index in [2.05, 4.69) is 20.6 Å². The van der Waals surface area contributed by atoms with Crippen LogP contribution in [0.15, 0.2) is 36.5 Å². The van der Waals surface area contributed by atoms with Gasteiger partial charge in [0.15, 0.2) is 0 Å². The Labute approximate surface area is 140 Å². The Balaban J connectivity index is 1.64. The maximum Gasteiger partial charge on any atom is 0.274 e. The number of hydrogen-bond acceptors (Lipinski definition) is 4. The lowest BCUT2D eigenvalue weighted by atomic mass is 10.2. The number of anilines is 1. The molecular weight excluding hydrogens is 304 g/mol. The van der Waals surface area contributed by atoms with Crippen LogP contribution in [0, 0.1) is 0 Å². The third-order valence-corrected chi connectivity index (χ3v) is 3.79. The van der Waals surface area contributed by atoms with Gasteiger partial charge in [0.05, 0.1) is 0 Å². The van der Waals surface area contributed by atoms with Gasteiger partial charge in [-0.2, -0.15) is 0 Å². The number of amides is 2. The van der Waals surface area contributed by atoms with Crippen molar-refractivity contribution in [2.24, 2.45) is 0 Å². The van der Waals surface area contributed by atoms with Gasteiger partial charge in [0.2, 0.25) is 0 Å². The van der Waals surface area contributed by atoms with E-state index in [1.807, 2.05) is 6.92 Å². The smallest absolute Gasteiger partial charge is 0.274 e. The van der Waals surface area contributed by atoms with Crippen molar-refractivity contribution >= 4 is 17.5 Å². The summed E-state index contributed by atoms with van der Waals surface area (Å²) in [5.41, 5.74) is 1.55. The number of carbonyl (C=O) groups excluding carboxylic acids is 2. The zero-order chi connectivity index (χ0) is 16.9. The summed E-state index contributed by atoms with van der Waals surface area (Å²) in [7, 11) is 0. The molecule has 24 heavy (non-hydrogen) atoms. The molecule has 3 rings (SSSR count). The molecule has 1 aliphatic rings. The standard InChI is InChI=1S/C18H20N4O2/c1-2-10-20-17(23)13-5-7-14(8-6-13)21-18(24)15-9-11-19-16(22-15)12-3-4-12/h5-9,11-12H,2-4,10H2,1H3,(H,20,23)(H,21,24). The Hall–Kier alpha value is -2.76. The van der Waals surface area contributed by atoms with Crippen LogP contribution in [0.1, 0.15) is 58.8 Å². The molecule has 1 aromatic heterocycles. The zero-order valence-electron chi connectivity index (χ0n) is 13.6. The number of hydrogen-bond donors (Lipinski definition) is 2. The monoisotopic (exact) mass is 324 g/mol.